The predicted molar refractivity (Wildman–Crippen MR) is 154 cm³/mol. The van der Waals surface area contributed by atoms with Crippen LogP contribution in [-0.4, -0.2) is 6.85 Å². The summed E-state index contributed by atoms with van der Waals surface area (Å²) in [6, 6.07) is 49.0. The SMILES string of the molecule is c1ccc2c(c1)B1c3ccccc3-c3cc(-c4cccc5ccccc45)ccc3N1c1ccccc1-2. The Morgan fingerprint density at radius 1 is 0.417 bits per heavy atom. The number of hydrogen-bond acceptors (Lipinski definition) is 1. The topological polar surface area (TPSA) is 3.24 Å². The van der Waals surface area contributed by atoms with Gasteiger partial charge in [-0.2, -0.15) is 0 Å². The molecule has 2 heteroatoms. The van der Waals surface area contributed by atoms with Crippen LogP contribution in [-0.2, 0) is 0 Å². The van der Waals surface area contributed by atoms with Gasteiger partial charge in [0.1, 0.15) is 0 Å². The molecule has 1 nitrogen and oxygen atoms in total. The Kier molecular flexibility index (Phi) is 4.09. The molecule has 0 aliphatic carbocycles. The molecular weight excluding hydrogens is 433 g/mol. The van der Waals surface area contributed by atoms with Gasteiger partial charge < -0.3 is 4.81 Å². The van der Waals surface area contributed by atoms with Crippen molar-refractivity contribution in [1.29, 1.82) is 0 Å². The fourth-order valence-corrected chi connectivity index (χ4v) is 6.33. The first-order valence-electron chi connectivity index (χ1n) is 12.6. The van der Waals surface area contributed by atoms with E-state index in [-0.39, 0.29) is 6.85 Å². The number of nitrogens with zero attached hydrogens (tertiary/aromatic N) is 1. The largest absolute Gasteiger partial charge is 0.376 e. The van der Waals surface area contributed by atoms with E-state index in [9.17, 15) is 0 Å². The van der Waals surface area contributed by atoms with Gasteiger partial charge in [-0.05, 0) is 62.2 Å². The van der Waals surface area contributed by atoms with Gasteiger partial charge in [0.25, 0.3) is 0 Å². The summed E-state index contributed by atoms with van der Waals surface area (Å²) in [4.78, 5) is 2.56. The highest BCUT2D eigenvalue weighted by atomic mass is 15.1. The molecular formula is C34H22BN. The van der Waals surface area contributed by atoms with Crippen molar-refractivity contribution in [3.05, 3.63) is 133 Å². The average Bonchev–Trinajstić information content (AvgIpc) is 2.96. The maximum Gasteiger partial charge on any atom is 0.329 e. The normalized spacial score (nSPS) is 12.9. The molecule has 0 saturated heterocycles. The van der Waals surface area contributed by atoms with Gasteiger partial charge in [-0.3, -0.25) is 0 Å². The third-order valence-electron chi connectivity index (χ3n) is 7.87. The van der Waals surface area contributed by atoms with Gasteiger partial charge in [0.15, 0.2) is 0 Å². The molecule has 2 heterocycles. The minimum absolute atomic E-state index is 0.156. The molecule has 6 aromatic carbocycles. The quantitative estimate of drug-likeness (QED) is 0.233. The zero-order chi connectivity index (χ0) is 23.6. The first kappa shape index (κ1) is 19.7. The Bertz CT molecular complexity index is 1810. The molecule has 2 aliphatic heterocycles. The monoisotopic (exact) mass is 455 g/mol. The van der Waals surface area contributed by atoms with Gasteiger partial charge in [0, 0.05) is 22.5 Å². The Labute approximate surface area is 211 Å². The van der Waals surface area contributed by atoms with E-state index in [4.69, 9.17) is 0 Å². The Hall–Kier alpha value is -4.56. The average molecular weight is 455 g/mol. The Morgan fingerprint density at radius 2 is 1.00 bits per heavy atom. The second-order valence-corrected chi connectivity index (χ2v) is 9.72. The summed E-state index contributed by atoms with van der Waals surface area (Å²) in [5, 5.41) is 2.56. The third-order valence-corrected chi connectivity index (χ3v) is 7.87. The van der Waals surface area contributed by atoms with Crippen LogP contribution in [0, 0.1) is 0 Å². The standard InChI is InChI=1S/C34H22BN/c1-2-12-25-23(10-1)11-9-16-26(25)24-20-21-34-30(22-24)28-14-4-7-18-32(28)35-31-17-6-3-13-27(31)29-15-5-8-19-33(29)36(34)35/h1-22H. The van der Waals surface area contributed by atoms with Crippen molar-refractivity contribution >= 4 is 39.9 Å². The lowest BCUT2D eigenvalue weighted by atomic mass is 9.43. The minimum Gasteiger partial charge on any atom is -0.376 e. The van der Waals surface area contributed by atoms with E-state index in [1.807, 2.05) is 0 Å². The smallest absolute Gasteiger partial charge is 0.329 e. The lowest BCUT2D eigenvalue weighted by molar-refractivity contribution is 1.35. The van der Waals surface area contributed by atoms with Gasteiger partial charge >= 0.3 is 6.85 Å². The highest BCUT2D eigenvalue weighted by Gasteiger charge is 2.41. The van der Waals surface area contributed by atoms with Crippen molar-refractivity contribution in [2.24, 2.45) is 0 Å². The van der Waals surface area contributed by atoms with E-state index in [0.29, 0.717) is 0 Å². The van der Waals surface area contributed by atoms with E-state index in [1.54, 1.807) is 0 Å². The summed E-state index contributed by atoms with van der Waals surface area (Å²) in [6.45, 7) is 0.156. The molecule has 0 aromatic heterocycles. The maximum absolute atomic E-state index is 2.56. The molecule has 0 bridgehead atoms. The van der Waals surface area contributed by atoms with Gasteiger partial charge in [-0.1, -0.05) is 115 Å². The molecule has 0 N–H and O–H groups in total. The van der Waals surface area contributed by atoms with Crippen molar-refractivity contribution in [1.82, 2.24) is 0 Å². The molecule has 8 rings (SSSR count). The molecule has 166 valence electrons. The lowest BCUT2D eigenvalue weighted by Gasteiger charge is -2.43. The van der Waals surface area contributed by atoms with Crippen molar-refractivity contribution < 1.29 is 0 Å². The van der Waals surface area contributed by atoms with Crippen LogP contribution in [0.1, 0.15) is 0 Å². The Morgan fingerprint density at radius 3 is 1.83 bits per heavy atom. The number of hydrogen-bond donors (Lipinski definition) is 0. The van der Waals surface area contributed by atoms with Gasteiger partial charge in [-0.25, -0.2) is 0 Å². The number of rotatable bonds is 1. The number of anilines is 2. The fourth-order valence-electron chi connectivity index (χ4n) is 6.33. The van der Waals surface area contributed by atoms with Crippen molar-refractivity contribution in [2.75, 3.05) is 4.81 Å². The van der Waals surface area contributed by atoms with E-state index >= 15 is 0 Å². The van der Waals surface area contributed by atoms with Crippen LogP contribution in [0.5, 0.6) is 0 Å². The van der Waals surface area contributed by atoms with Crippen LogP contribution in [0.25, 0.3) is 44.2 Å². The molecule has 0 spiro atoms. The molecule has 0 unspecified atom stereocenters. The van der Waals surface area contributed by atoms with Crippen LogP contribution < -0.4 is 15.7 Å². The van der Waals surface area contributed by atoms with Gasteiger partial charge in [0.2, 0.25) is 0 Å². The molecule has 36 heavy (non-hydrogen) atoms. The predicted octanol–water partition coefficient (Wildman–Crippen LogP) is 7.41. The molecule has 0 atom stereocenters. The van der Waals surface area contributed by atoms with Crippen LogP contribution in [0.2, 0.25) is 0 Å². The van der Waals surface area contributed by atoms with Crippen LogP contribution in [0.4, 0.5) is 11.4 Å². The number of benzene rings is 6. The Balaban J connectivity index is 1.42. The molecule has 0 amide bonds. The third kappa shape index (κ3) is 2.67. The summed E-state index contributed by atoms with van der Waals surface area (Å²) in [5.74, 6) is 0. The van der Waals surface area contributed by atoms with E-state index in [1.165, 1.54) is 66.5 Å². The van der Waals surface area contributed by atoms with E-state index in [0.717, 1.165) is 0 Å². The summed E-state index contributed by atoms with van der Waals surface area (Å²) < 4.78 is 0. The second-order valence-electron chi connectivity index (χ2n) is 9.72. The maximum atomic E-state index is 2.56. The molecule has 0 radical (unpaired) electrons. The van der Waals surface area contributed by atoms with E-state index in [2.05, 4.69) is 138 Å². The first-order valence-corrected chi connectivity index (χ1v) is 12.6. The van der Waals surface area contributed by atoms with Crippen molar-refractivity contribution in [2.45, 2.75) is 0 Å². The fraction of sp³-hybridized carbons (Fsp3) is 0. The van der Waals surface area contributed by atoms with Crippen LogP contribution in [0.3, 0.4) is 0 Å². The lowest BCUT2D eigenvalue weighted by Crippen LogP contribution is -2.59. The summed E-state index contributed by atoms with van der Waals surface area (Å²) in [7, 11) is 0. The van der Waals surface area contributed by atoms with Crippen molar-refractivity contribution in [3.8, 4) is 33.4 Å². The zero-order valence-electron chi connectivity index (χ0n) is 19.7. The van der Waals surface area contributed by atoms with Crippen molar-refractivity contribution in [3.63, 3.8) is 0 Å². The first-order chi connectivity index (χ1) is 17.9. The molecule has 6 aromatic rings. The highest BCUT2D eigenvalue weighted by molar-refractivity contribution is 6.92. The highest BCUT2D eigenvalue weighted by Crippen LogP contribution is 2.46. The van der Waals surface area contributed by atoms with Gasteiger partial charge in [0.05, 0.1) is 0 Å². The summed E-state index contributed by atoms with van der Waals surface area (Å²) >= 11 is 0. The second kappa shape index (κ2) is 7.47. The minimum atomic E-state index is 0.156. The summed E-state index contributed by atoms with van der Waals surface area (Å²) in [5.41, 5.74) is 13.1. The van der Waals surface area contributed by atoms with Gasteiger partial charge in [-0.15, -0.1) is 0 Å². The van der Waals surface area contributed by atoms with Crippen LogP contribution in [0.15, 0.2) is 133 Å². The molecule has 0 saturated carbocycles. The summed E-state index contributed by atoms with van der Waals surface area (Å²) in [6.07, 6.45) is 0. The van der Waals surface area contributed by atoms with E-state index < -0.39 is 0 Å². The molecule has 0 fully saturated rings. The number of fused-ring (bicyclic) bond motifs is 12. The number of para-hydroxylation sites is 1. The zero-order valence-corrected chi connectivity index (χ0v) is 19.7. The molecule has 2 aliphatic rings. The van der Waals surface area contributed by atoms with Crippen LogP contribution >= 0.6 is 0 Å².